The second-order valence-electron chi connectivity index (χ2n) is 6.19. The van der Waals surface area contributed by atoms with E-state index >= 15 is 0 Å². The molecule has 2 aliphatic heterocycles. The van der Waals surface area contributed by atoms with Crippen LogP contribution in [0, 0.1) is 5.82 Å². The van der Waals surface area contributed by atoms with Gasteiger partial charge in [-0.2, -0.15) is 4.31 Å². The summed E-state index contributed by atoms with van der Waals surface area (Å²) >= 11 is 0. The number of amides is 1. The first-order valence-electron chi connectivity index (χ1n) is 8.29. The van der Waals surface area contributed by atoms with E-state index < -0.39 is 21.9 Å². The lowest BCUT2D eigenvalue weighted by atomic mass is 10.1. The topological polar surface area (TPSA) is 79.0 Å². The number of carbonyl (C=O) groups is 1. The maximum absolute atomic E-state index is 13.0. The molecule has 146 valence electrons. The zero-order chi connectivity index (χ0) is 18.0. The number of ether oxygens (including phenoxy) is 1. The number of benzene rings is 1. The van der Waals surface area contributed by atoms with Crippen LogP contribution in [0.3, 0.4) is 0 Å². The van der Waals surface area contributed by atoms with Gasteiger partial charge in [0.05, 0.1) is 17.6 Å². The van der Waals surface area contributed by atoms with Crippen LogP contribution in [0.2, 0.25) is 0 Å². The van der Waals surface area contributed by atoms with E-state index in [0.29, 0.717) is 26.2 Å². The summed E-state index contributed by atoms with van der Waals surface area (Å²) in [5.74, 6) is -0.545. The van der Waals surface area contributed by atoms with Gasteiger partial charge in [0, 0.05) is 32.7 Å². The number of nitrogens with zero attached hydrogens (tertiary/aromatic N) is 2. The van der Waals surface area contributed by atoms with Gasteiger partial charge in [0.25, 0.3) is 0 Å². The number of piperazine rings is 1. The molecule has 1 N–H and O–H groups in total. The zero-order valence-electron chi connectivity index (χ0n) is 14.4. The Balaban J connectivity index is 0.00000243. The third-order valence-electron chi connectivity index (χ3n) is 4.58. The largest absolute Gasteiger partial charge is 0.375 e. The third-order valence-corrected chi connectivity index (χ3v) is 6.50. The molecule has 2 heterocycles. The van der Waals surface area contributed by atoms with Gasteiger partial charge in [-0.3, -0.25) is 4.79 Å². The first-order chi connectivity index (χ1) is 11.9. The van der Waals surface area contributed by atoms with Gasteiger partial charge < -0.3 is 15.0 Å². The summed E-state index contributed by atoms with van der Waals surface area (Å²) in [5, 5.41) is 3.15. The quantitative estimate of drug-likeness (QED) is 0.787. The maximum Gasteiger partial charge on any atom is 0.243 e. The minimum absolute atomic E-state index is 0. The minimum Gasteiger partial charge on any atom is -0.375 e. The Labute approximate surface area is 158 Å². The van der Waals surface area contributed by atoms with Crippen molar-refractivity contribution in [1.29, 1.82) is 0 Å². The number of hydrogen-bond acceptors (Lipinski definition) is 5. The Bertz CT molecular complexity index is 724. The van der Waals surface area contributed by atoms with Crippen molar-refractivity contribution in [2.24, 2.45) is 0 Å². The van der Waals surface area contributed by atoms with Crippen LogP contribution in [0.15, 0.2) is 29.2 Å². The summed E-state index contributed by atoms with van der Waals surface area (Å²) in [6.07, 6.45) is -0.206. The maximum atomic E-state index is 13.0. The van der Waals surface area contributed by atoms with Crippen LogP contribution in [-0.4, -0.2) is 75.0 Å². The Kier molecular flexibility index (Phi) is 6.98. The smallest absolute Gasteiger partial charge is 0.243 e. The van der Waals surface area contributed by atoms with Gasteiger partial charge in [-0.15, -0.1) is 12.4 Å². The molecular formula is C16H23ClFN3O4S. The highest BCUT2D eigenvalue weighted by Crippen LogP contribution is 2.19. The van der Waals surface area contributed by atoms with Gasteiger partial charge in [0.15, 0.2) is 0 Å². The number of hydrogen-bond donors (Lipinski definition) is 1. The van der Waals surface area contributed by atoms with Crippen molar-refractivity contribution in [3.63, 3.8) is 0 Å². The molecule has 2 saturated heterocycles. The molecule has 7 nitrogen and oxygen atoms in total. The first kappa shape index (κ1) is 21.0. The van der Waals surface area contributed by atoms with Gasteiger partial charge in [-0.1, -0.05) is 0 Å². The Morgan fingerprint density at radius 2 is 1.81 bits per heavy atom. The number of carbonyl (C=O) groups excluding carboxylic acids is 1. The Hall–Kier alpha value is -1.26. The average molecular weight is 408 g/mol. The lowest BCUT2D eigenvalue weighted by molar-refractivity contribution is -0.140. The van der Waals surface area contributed by atoms with Crippen LogP contribution in [0.25, 0.3) is 0 Å². The van der Waals surface area contributed by atoms with Crippen molar-refractivity contribution < 1.29 is 22.3 Å². The summed E-state index contributed by atoms with van der Waals surface area (Å²) in [5.41, 5.74) is 0. The van der Waals surface area contributed by atoms with Crippen LogP contribution >= 0.6 is 12.4 Å². The number of rotatable bonds is 3. The SMILES string of the molecule is C[C@H]1OCCN[C@@H]1C(=O)N1CCN(S(=O)(=O)c2ccc(F)cc2)CC1.Cl. The van der Waals surface area contributed by atoms with Crippen molar-refractivity contribution in [1.82, 2.24) is 14.5 Å². The standard InChI is InChI=1S/C16H22FN3O4S.ClH/c1-12-15(18-6-11-24-12)16(21)19-7-9-20(10-8-19)25(22,23)14-4-2-13(17)3-5-14;/h2-5,12,15,18H,6-11H2,1H3;1H/t12-,15+;/m1./s1. The molecule has 26 heavy (non-hydrogen) atoms. The first-order valence-corrected chi connectivity index (χ1v) is 9.73. The monoisotopic (exact) mass is 407 g/mol. The molecule has 3 rings (SSSR count). The number of halogens is 2. The van der Waals surface area contributed by atoms with Crippen molar-refractivity contribution in [3.05, 3.63) is 30.1 Å². The van der Waals surface area contributed by atoms with Crippen LogP contribution < -0.4 is 5.32 Å². The molecule has 0 aromatic heterocycles. The number of sulfonamides is 1. The second kappa shape index (κ2) is 8.62. The fraction of sp³-hybridized carbons (Fsp3) is 0.562. The highest BCUT2D eigenvalue weighted by atomic mass is 35.5. The molecule has 1 aromatic rings. The fourth-order valence-electron chi connectivity index (χ4n) is 3.11. The van der Waals surface area contributed by atoms with E-state index in [1.807, 2.05) is 6.92 Å². The molecule has 1 aromatic carbocycles. The lowest BCUT2D eigenvalue weighted by Gasteiger charge is -2.38. The summed E-state index contributed by atoms with van der Waals surface area (Å²) in [4.78, 5) is 14.3. The molecule has 0 radical (unpaired) electrons. The molecule has 1 amide bonds. The van der Waals surface area contributed by atoms with Crippen LogP contribution in [0.4, 0.5) is 4.39 Å². The Morgan fingerprint density at radius 3 is 2.38 bits per heavy atom. The van der Waals surface area contributed by atoms with Crippen LogP contribution in [0.5, 0.6) is 0 Å². The fourth-order valence-corrected chi connectivity index (χ4v) is 4.53. The Morgan fingerprint density at radius 1 is 1.19 bits per heavy atom. The molecule has 0 bridgehead atoms. The highest BCUT2D eigenvalue weighted by Gasteiger charge is 2.35. The van der Waals surface area contributed by atoms with Gasteiger partial charge in [-0.25, -0.2) is 12.8 Å². The highest BCUT2D eigenvalue weighted by molar-refractivity contribution is 7.89. The van der Waals surface area contributed by atoms with E-state index in [-0.39, 0.29) is 42.4 Å². The average Bonchev–Trinajstić information content (AvgIpc) is 2.62. The number of nitrogens with one attached hydrogen (secondary N) is 1. The third kappa shape index (κ3) is 4.34. The van der Waals surface area contributed by atoms with Crippen molar-refractivity contribution in [2.75, 3.05) is 39.3 Å². The predicted molar refractivity (Wildman–Crippen MR) is 96.2 cm³/mol. The van der Waals surface area contributed by atoms with Crippen molar-refractivity contribution in [2.45, 2.75) is 24.0 Å². The van der Waals surface area contributed by atoms with Crippen LogP contribution in [0.1, 0.15) is 6.92 Å². The summed E-state index contributed by atoms with van der Waals surface area (Å²) in [6.45, 7) is 4.13. The zero-order valence-corrected chi connectivity index (χ0v) is 16.1. The van der Waals surface area contributed by atoms with E-state index in [2.05, 4.69) is 5.32 Å². The molecule has 0 unspecified atom stereocenters. The van der Waals surface area contributed by atoms with E-state index in [1.165, 1.54) is 16.4 Å². The van der Waals surface area contributed by atoms with E-state index in [1.54, 1.807) is 4.90 Å². The summed E-state index contributed by atoms with van der Waals surface area (Å²) in [6, 6.07) is 4.38. The van der Waals surface area contributed by atoms with Crippen molar-refractivity contribution >= 4 is 28.3 Å². The molecule has 2 fully saturated rings. The number of morpholine rings is 1. The van der Waals surface area contributed by atoms with Crippen LogP contribution in [-0.2, 0) is 19.6 Å². The summed E-state index contributed by atoms with van der Waals surface area (Å²) in [7, 11) is -3.68. The van der Waals surface area contributed by atoms with E-state index in [0.717, 1.165) is 12.1 Å². The van der Waals surface area contributed by atoms with Crippen molar-refractivity contribution in [3.8, 4) is 0 Å². The molecule has 0 saturated carbocycles. The molecule has 0 spiro atoms. The van der Waals surface area contributed by atoms with E-state index in [9.17, 15) is 17.6 Å². The summed E-state index contributed by atoms with van der Waals surface area (Å²) < 4.78 is 45.0. The molecule has 0 aliphatic carbocycles. The normalized spacial score (nSPS) is 24.8. The molecule has 2 atom stereocenters. The molecule has 2 aliphatic rings. The van der Waals surface area contributed by atoms with Gasteiger partial charge in [0.2, 0.25) is 15.9 Å². The van der Waals surface area contributed by atoms with Gasteiger partial charge >= 0.3 is 0 Å². The van der Waals surface area contributed by atoms with Gasteiger partial charge in [0.1, 0.15) is 11.9 Å². The minimum atomic E-state index is -3.68. The van der Waals surface area contributed by atoms with Gasteiger partial charge in [-0.05, 0) is 31.2 Å². The second-order valence-corrected chi connectivity index (χ2v) is 8.13. The molecule has 10 heteroatoms. The molecular weight excluding hydrogens is 385 g/mol. The predicted octanol–water partition coefficient (Wildman–Crippen LogP) is 0.457. The lowest BCUT2D eigenvalue weighted by Crippen LogP contribution is -2.60. The van der Waals surface area contributed by atoms with E-state index in [4.69, 9.17) is 4.74 Å².